The van der Waals surface area contributed by atoms with Gasteiger partial charge in [0.1, 0.15) is 12.5 Å². The van der Waals surface area contributed by atoms with Gasteiger partial charge in [-0.25, -0.2) is 9.79 Å². The first-order chi connectivity index (χ1) is 16.2. The first kappa shape index (κ1) is 19.4. The van der Waals surface area contributed by atoms with Gasteiger partial charge in [-0.2, -0.15) is 5.10 Å². The van der Waals surface area contributed by atoms with E-state index in [9.17, 15) is 9.59 Å². The van der Waals surface area contributed by atoms with E-state index in [1.54, 1.807) is 12.1 Å². The van der Waals surface area contributed by atoms with Crippen molar-refractivity contribution >= 4 is 34.2 Å². The van der Waals surface area contributed by atoms with E-state index in [4.69, 9.17) is 9.47 Å². The minimum absolute atomic E-state index is 0.181. The van der Waals surface area contributed by atoms with Gasteiger partial charge in [0.15, 0.2) is 5.82 Å². The molecule has 3 heterocycles. The molecular formula is C26H19N3O4. The monoisotopic (exact) mass is 437 g/mol. The number of aliphatic imine (C=N–C) groups is 1. The summed E-state index contributed by atoms with van der Waals surface area (Å²) in [6.07, 6.45) is 0. The first-order valence-electron chi connectivity index (χ1n) is 10.6. The molecule has 7 nitrogen and oxygen atoms in total. The number of H-pyrrole nitrogens is 1. The maximum absolute atomic E-state index is 12.9. The third-order valence-corrected chi connectivity index (χ3v) is 6.41. The van der Waals surface area contributed by atoms with Crippen LogP contribution >= 0.6 is 0 Å². The van der Waals surface area contributed by atoms with E-state index in [2.05, 4.69) is 39.5 Å². The normalized spacial score (nSPS) is 18.9. The van der Waals surface area contributed by atoms with Gasteiger partial charge < -0.3 is 9.47 Å². The van der Waals surface area contributed by atoms with Crippen molar-refractivity contribution in [2.75, 3.05) is 13.7 Å². The number of benzene rings is 3. The summed E-state index contributed by atoms with van der Waals surface area (Å²) in [6.45, 7) is 0.181. The fourth-order valence-corrected chi connectivity index (χ4v) is 4.88. The highest BCUT2D eigenvalue weighted by atomic mass is 16.5. The van der Waals surface area contributed by atoms with Gasteiger partial charge in [0.05, 0.1) is 24.1 Å². The topological polar surface area (TPSA) is 93.6 Å². The van der Waals surface area contributed by atoms with Crippen LogP contribution in [0.2, 0.25) is 0 Å². The van der Waals surface area contributed by atoms with Gasteiger partial charge in [0, 0.05) is 11.5 Å². The van der Waals surface area contributed by atoms with Crippen molar-refractivity contribution in [1.29, 1.82) is 0 Å². The van der Waals surface area contributed by atoms with E-state index in [-0.39, 0.29) is 18.5 Å². The van der Waals surface area contributed by atoms with Crippen molar-refractivity contribution in [1.82, 2.24) is 10.2 Å². The maximum Gasteiger partial charge on any atom is 0.337 e. The Morgan fingerprint density at radius 3 is 2.64 bits per heavy atom. The van der Waals surface area contributed by atoms with Gasteiger partial charge in [0.25, 0.3) is 0 Å². The molecule has 33 heavy (non-hydrogen) atoms. The standard InChI is InChI=1S/C26H19N3O4/c1-32-25(30)16-11-9-15(10-12-16)23-22-20(18-8-4-6-14-5-2-3-7-17(14)18)21-19(13-33-26(21)31)27-24(22)29-28-23/h2-12,20-21H,13H2,1H3,(H,28,29). The molecule has 2 atom stereocenters. The van der Waals surface area contributed by atoms with Crippen molar-refractivity contribution in [3.8, 4) is 11.3 Å². The third-order valence-electron chi connectivity index (χ3n) is 6.41. The van der Waals surface area contributed by atoms with E-state index >= 15 is 0 Å². The number of nitrogens with one attached hydrogen (secondary N) is 1. The van der Waals surface area contributed by atoms with Crippen LogP contribution in [0.25, 0.3) is 22.0 Å². The van der Waals surface area contributed by atoms with E-state index in [1.807, 2.05) is 30.3 Å². The lowest BCUT2D eigenvalue weighted by Crippen LogP contribution is -2.28. The molecule has 0 saturated carbocycles. The number of esters is 2. The number of cyclic esters (lactones) is 1. The van der Waals surface area contributed by atoms with Crippen LogP contribution < -0.4 is 0 Å². The Kier molecular flexibility index (Phi) is 4.36. The van der Waals surface area contributed by atoms with Crippen molar-refractivity contribution in [3.63, 3.8) is 0 Å². The first-order valence-corrected chi connectivity index (χ1v) is 10.6. The van der Waals surface area contributed by atoms with Crippen LogP contribution in [-0.4, -0.2) is 41.6 Å². The van der Waals surface area contributed by atoms with E-state index < -0.39 is 11.9 Å². The molecule has 1 N–H and O–H groups in total. The van der Waals surface area contributed by atoms with Crippen LogP contribution in [-0.2, 0) is 14.3 Å². The van der Waals surface area contributed by atoms with Gasteiger partial charge >= 0.3 is 11.9 Å². The van der Waals surface area contributed by atoms with Crippen molar-refractivity contribution in [3.05, 3.63) is 83.4 Å². The largest absolute Gasteiger partial charge is 0.465 e. The molecule has 0 radical (unpaired) electrons. The molecule has 7 heteroatoms. The van der Waals surface area contributed by atoms with Gasteiger partial charge in [-0.15, -0.1) is 0 Å². The Bertz CT molecular complexity index is 1450. The number of hydrogen-bond acceptors (Lipinski definition) is 6. The van der Waals surface area contributed by atoms with Gasteiger partial charge in [-0.3, -0.25) is 9.89 Å². The number of aromatic nitrogens is 2. The Hall–Kier alpha value is -4.26. The zero-order valence-corrected chi connectivity index (χ0v) is 17.7. The molecule has 2 aliphatic rings. The highest BCUT2D eigenvalue weighted by Gasteiger charge is 2.47. The van der Waals surface area contributed by atoms with Crippen LogP contribution in [0, 0.1) is 5.92 Å². The number of aromatic amines is 1. The molecule has 1 fully saturated rings. The summed E-state index contributed by atoms with van der Waals surface area (Å²) in [6, 6.07) is 21.4. The zero-order chi connectivity index (χ0) is 22.5. The lowest BCUT2D eigenvalue weighted by molar-refractivity contribution is -0.141. The van der Waals surface area contributed by atoms with E-state index in [0.717, 1.165) is 33.2 Å². The summed E-state index contributed by atoms with van der Waals surface area (Å²) >= 11 is 0. The fraction of sp³-hybridized carbons (Fsp3) is 0.154. The molecule has 3 aromatic carbocycles. The second-order valence-corrected chi connectivity index (χ2v) is 8.14. The van der Waals surface area contributed by atoms with Gasteiger partial charge in [0.2, 0.25) is 0 Å². The minimum Gasteiger partial charge on any atom is -0.465 e. The van der Waals surface area contributed by atoms with Crippen LogP contribution in [0.1, 0.15) is 27.4 Å². The third kappa shape index (κ3) is 2.96. The summed E-state index contributed by atoms with van der Waals surface area (Å²) in [5.74, 6) is -0.920. The second-order valence-electron chi connectivity index (χ2n) is 8.14. The van der Waals surface area contributed by atoms with Gasteiger partial charge in [-0.05, 0) is 34.0 Å². The van der Waals surface area contributed by atoms with Crippen LogP contribution in [0.5, 0.6) is 0 Å². The molecule has 1 saturated heterocycles. The average molecular weight is 437 g/mol. The van der Waals surface area contributed by atoms with Gasteiger partial charge in [-0.1, -0.05) is 54.6 Å². The zero-order valence-electron chi connectivity index (χ0n) is 17.7. The fourth-order valence-electron chi connectivity index (χ4n) is 4.88. The summed E-state index contributed by atoms with van der Waals surface area (Å²) < 4.78 is 10.2. The van der Waals surface area contributed by atoms with Crippen LogP contribution in [0.4, 0.5) is 5.82 Å². The molecule has 0 spiro atoms. The molecule has 4 aromatic rings. The SMILES string of the molecule is COC(=O)c1ccc(-c2[nH]nc3c2C(c2cccc4ccccc24)C2C(=O)OCC2=N3)cc1. The molecular weight excluding hydrogens is 418 g/mol. The Morgan fingerprint density at radius 1 is 1.03 bits per heavy atom. The summed E-state index contributed by atoms with van der Waals surface area (Å²) in [4.78, 5) is 29.4. The van der Waals surface area contributed by atoms with Crippen LogP contribution in [0.15, 0.2) is 71.7 Å². The van der Waals surface area contributed by atoms with Crippen molar-refractivity contribution in [2.24, 2.45) is 10.9 Å². The molecule has 0 aliphatic carbocycles. The lowest BCUT2D eigenvalue weighted by atomic mass is 9.75. The molecule has 6 rings (SSSR count). The van der Waals surface area contributed by atoms with Crippen molar-refractivity contribution < 1.29 is 19.1 Å². The quantitative estimate of drug-likeness (QED) is 0.479. The number of rotatable bonds is 3. The van der Waals surface area contributed by atoms with Crippen LogP contribution in [0.3, 0.4) is 0 Å². The highest BCUT2D eigenvalue weighted by molar-refractivity contribution is 6.11. The lowest BCUT2D eigenvalue weighted by Gasteiger charge is -2.27. The minimum atomic E-state index is -0.506. The maximum atomic E-state index is 12.9. The second kappa shape index (κ2) is 7.41. The highest BCUT2D eigenvalue weighted by Crippen LogP contribution is 2.49. The number of carbonyl (C=O) groups excluding carboxylic acids is 2. The van der Waals surface area contributed by atoms with Crippen molar-refractivity contribution in [2.45, 2.75) is 5.92 Å². The summed E-state index contributed by atoms with van der Waals surface area (Å²) in [5.41, 5.74) is 4.64. The number of carbonyl (C=O) groups is 2. The number of methoxy groups -OCH3 is 1. The molecule has 1 aromatic heterocycles. The molecule has 162 valence electrons. The number of hydrogen-bond donors (Lipinski definition) is 1. The Labute approximate surface area is 189 Å². The predicted molar refractivity (Wildman–Crippen MR) is 123 cm³/mol. The average Bonchev–Trinajstić information content (AvgIpc) is 3.45. The summed E-state index contributed by atoms with van der Waals surface area (Å²) in [5, 5.41) is 9.77. The van der Waals surface area contributed by atoms with E-state index in [1.165, 1.54) is 7.11 Å². The smallest absolute Gasteiger partial charge is 0.337 e. The molecule has 0 bridgehead atoms. The Morgan fingerprint density at radius 2 is 1.82 bits per heavy atom. The van der Waals surface area contributed by atoms with E-state index in [0.29, 0.717) is 17.1 Å². The molecule has 2 unspecified atom stereocenters. The number of nitrogens with zero attached hydrogens (tertiary/aromatic N) is 2. The predicted octanol–water partition coefficient (Wildman–Crippen LogP) is 4.41. The molecule has 0 amide bonds. The summed E-state index contributed by atoms with van der Waals surface area (Å²) in [7, 11) is 1.35. The Balaban J connectivity index is 1.57. The number of ether oxygens (including phenoxy) is 2. The number of fused-ring (bicyclic) bond motifs is 3. The molecule has 2 aliphatic heterocycles.